The van der Waals surface area contributed by atoms with Gasteiger partial charge in [0.1, 0.15) is 5.56 Å². The maximum Gasteiger partial charge on any atom is 0.341 e. The smallest absolute Gasteiger partial charge is 0.341 e. The standard InChI is InChI=1S/C22H20N6O3/c1-3-31-22(30)19-13-23-28(15(19)2)18-11-7-8-16(12-18)24-21(29)20-14-27(26-25-20)17-9-5-4-6-10-17/h4-14H,3H2,1-2H3,(H,24,29). The van der Waals surface area contributed by atoms with Gasteiger partial charge in [0, 0.05) is 5.69 Å². The molecule has 9 heteroatoms. The van der Waals surface area contributed by atoms with Crippen LogP contribution in [0, 0.1) is 6.92 Å². The highest BCUT2D eigenvalue weighted by atomic mass is 16.5. The van der Waals surface area contributed by atoms with E-state index in [1.165, 1.54) is 10.9 Å². The number of anilines is 1. The Morgan fingerprint density at radius 3 is 2.61 bits per heavy atom. The Morgan fingerprint density at radius 2 is 1.84 bits per heavy atom. The molecule has 0 fully saturated rings. The number of carbonyl (C=O) groups excluding carboxylic acids is 2. The Hall–Kier alpha value is -4.27. The molecule has 0 saturated heterocycles. The monoisotopic (exact) mass is 416 g/mol. The third-order valence-corrected chi connectivity index (χ3v) is 4.60. The maximum absolute atomic E-state index is 12.6. The summed E-state index contributed by atoms with van der Waals surface area (Å²) < 4.78 is 8.21. The van der Waals surface area contributed by atoms with Crippen molar-refractivity contribution in [3.8, 4) is 11.4 Å². The van der Waals surface area contributed by atoms with Gasteiger partial charge in [-0.25, -0.2) is 14.2 Å². The molecule has 0 aliphatic carbocycles. The summed E-state index contributed by atoms with van der Waals surface area (Å²) in [5.41, 5.74) is 3.29. The predicted octanol–water partition coefficient (Wildman–Crippen LogP) is 3.19. The summed E-state index contributed by atoms with van der Waals surface area (Å²) >= 11 is 0. The summed E-state index contributed by atoms with van der Waals surface area (Å²) in [5.74, 6) is -0.805. The molecule has 2 aromatic carbocycles. The minimum atomic E-state index is -0.419. The molecule has 2 heterocycles. The number of carbonyl (C=O) groups is 2. The van der Waals surface area contributed by atoms with Crippen molar-refractivity contribution in [2.75, 3.05) is 11.9 Å². The van der Waals surface area contributed by atoms with E-state index >= 15 is 0 Å². The number of esters is 1. The third kappa shape index (κ3) is 4.20. The third-order valence-electron chi connectivity index (χ3n) is 4.60. The molecule has 31 heavy (non-hydrogen) atoms. The van der Waals surface area contributed by atoms with Crippen LogP contribution in [0.5, 0.6) is 0 Å². The lowest BCUT2D eigenvalue weighted by atomic mass is 10.2. The van der Waals surface area contributed by atoms with Gasteiger partial charge in [-0.05, 0) is 44.2 Å². The fourth-order valence-corrected chi connectivity index (χ4v) is 3.06. The van der Waals surface area contributed by atoms with E-state index in [0.717, 1.165) is 5.69 Å². The summed E-state index contributed by atoms with van der Waals surface area (Å²) in [7, 11) is 0. The van der Waals surface area contributed by atoms with E-state index in [1.54, 1.807) is 42.9 Å². The average Bonchev–Trinajstić information content (AvgIpc) is 3.42. The predicted molar refractivity (Wildman–Crippen MR) is 114 cm³/mol. The number of aromatic nitrogens is 5. The summed E-state index contributed by atoms with van der Waals surface area (Å²) in [6.07, 6.45) is 3.04. The summed E-state index contributed by atoms with van der Waals surface area (Å²) in [6, 6.07) is 16.5. The fraction of sp³-hybridized carbons (Fsp3) is 0.136. The van der Waals surface area contributed by atoms with E-state index in [0.29, 0.717) is 29.2 Å². The molecule has 0 aliphatic rings. The van der Waals surface area contributed by atoms with Gasteiger partial charge in [0.2, 0.25) is 0 Å². The average molecular weight is 416 g/mol. The van der Waals surface area contributed by atoms with Crippen molar-refractivity contribution in [1.29, 1.82) is 0 Å². The van der Waals surface area contributed by atoms with Gasteiger partial charge in [0.25, 0.3) is 5.91 Å². The highest BCUT2D eigenvalue weighted by molar-refractivity contribution is 6.02. The first kappa shape index (κ1) is 20.0. The van der Waals surface area contributed by atoms with Gasteiger partial charge in [0.05, 0.1) is 36.1 Å². The number of nitrogens with zero attached hydrogens (tertiary/aromatic N) is 5. The van der Waals surface area contributed by atoms with Gasteiger partial charge in [-0.15, -0.1) is 5.10 Å². The van der Waals surface area contributed by atoms with Crippen LogP contribution in [0.15, 0.2) is 67.0 Å². The first-order chi connectivity index (χ1) is 15.1. The van der Waals surface area contributed by atoms with Crippen molar-refractivity contribution in [1.82, 2.24) is 24.8 Å². The molecular weight excluding hydrogens is 396 g/mol. The number of ether oxygens (including phenoxy) is 1. The van der Waals surface area contributed by atoms with Crippen molar-refractivity contribution in [3.05, 3.63) is 83.9 Å². The summed E-state index contributed by atoms with van der Waals surface area (Å²) in [6.45, 7) is 3.83. The Morgan fingerprint density at radius 1 is 1.06 bits per heavy atom. The molecule has 0 saturated carbocycles. The molecule has 0 radical (unpaired) electrons. The van der Waals surface area contributed by atoms with Crippen LogP contribution in [0.25, 0.3) is 11.4 Å². The van der Waals surface area contributed by atoms with E-state index in [-0.39, 0.29) is 11.6 Å². The Labute approximate surface area is 178 Å². The largest absolute Gasteiger partial charge is 0.462 e. The zero-order valence-electron chi connectivity index (χ0n) is 17.0. The Balaban J connectivity index is 1.53. The molecule has 1 amide bonds. The van der Waals surface area contributed by atoms with Crippen LogP contribution < -0.4 is 5.32 Å². The molecule has 0 bridgehead atoms. The number of amides is 1. The zero-order chi connectivity index (χ0) is 21.8. The summed E-state index contributed by atoms with van der Waals surface area (Å²) in [5, 5.41) is 15.1. The molecule has 0 atom stereocenters. The molecule has 1 N–H and O–H groups in total. The molecular formula is C22H20N6O3. The number of para-hydroxylation sites is 1. The second-order valence-electron chi connectivity index (χ2n) is 6.66. The van der Waals surface area contributed by atoms with Crippen molar-refractivity contribution >= 4 is 17.6 Å². The van der Waals surface area contributed by atoms with Gasteiger partial charge >= 0.3 is 5.97 Å². The van der Waals surface area contributed by atoms with Gasteiger partial charge in [-0.2, -0.15) is 5.10 Å². The van der Waals surface area contributed by atoms with E-state index in [9.17, 15) is 9.59 Å². The van der Waals surface area contributed by atoms with Crippen molar-refractivity contribution in [2.24, 2.45) is 0 Å². The van der Waals surface area contributed by atoms with E-state index in [2.05, 4.69) is 20.7 Å². The lowest BCUT2D eigenvalue weighted by Gasteiger charge is -2.08. The second kappa shape index (κ2) is 8.62. The quantitative estimate of drug-likeness (QED) is 0.484. The number of benzene rings is 2. The molecule has 0 unspecified atom stereocenters. The van der Waals surface area contributed by atoms with Crippen molar-refractivity contribution < 1.29 is 14.3 Å². The van der Waals surface area contributed by atoms with E-state index in [4.69, 9.17) is 4.74 Å². The van der Waals surface area contributed by atoms with Crippen LogP contribution in [0.2, 0.25) is 0 Å². The molecule has 4 rings (SSSR count). The minimum Gasteiger partial charge on any atom is -0.462 e. The Kier molecular flexibility index (Phi) is 5.57. The molecule has 0 aliphatic heterocycles. The molecule has 4 aromatic rings. The van der Waals surface area contributed by atoms with Crippen molar-refractivity contribution in [3.63, 3.8) is 0 Å². The highest BCUT2D eigenvalue weighted by Gasteiger charge is 2.17. The van der Waals surface area contributed by atoms with Gasteiger partial charge in [-0.3, -0.25) is 4.79 Å². The van der Waals surface area contributed by atoms with E-state index in [1.807, 2.05) is 36.4 Å². The van der Waals surface area contributed by atoms with Crippen LogP contribution in [0.3, 0.4) is 0 Å². The van der Waals surface area contributed by atoms with Gasteiger partial charge < -0.3 is 10.1 Å². The normalized spacial score (nSPS) is 10.6. The van der Waals surface area contributed by atoms with Gasteiger partial charge in [-0.1, -0.05) is 29.5 Å². The number of rotatable bonds is 6. The first-order valence-corrected chi connectivity index (χ1v) is 9.68. The van der Waals surface area contributed by atoms with Crippen LogP contribution in [0.4, 0.5) is 5.69 Å². The topological polar surface area (TPSA) is 104 Å². The first-order valence-electron chi connectivity index (χ1n) is 9.68. The molecule has 156 valence electrons. The lowest BCUT2D eigenvalue weighted by molar-refractivity contribution is 0.0525. The number of hydrogen-bond acceptors (Lipinski definition) is 6. The van der Waals surface area contributed by atoms with Crippen LogP contribution >= 0.6 is 0 Å². The maximum atomic E-state index is 12.6. The molecule has 9 nitrogen and oxygen atoms in total. The fourth-order valence-electron chi connectivity index (χ4n) is 3.06. The van der Waals surface area contributed by atoms with Crippen LogP contribution in [0.1, 0.15) is 33.5 Å². The lowest BCUT2D eigenvalue weighted by Crippen LogP contribution is -2.13. The number of nitrogens with one attached hydrogen (secondary N) is 1. The molecule has 2 aromatic heterocycles. The van der Waals surface area contributed by atoms with E-state index < -0.39 is 5.97 Å². The van der Waals surface area contributed by atoms with Crippen molar-refractivity contribution in [2.45, 2.75) is 13.8 Å². The molecule has 0 spiro atoms. The Bertz CT molecular complexity index is 1230. The minimum absolute atomic E-state index is 0.189. The zero-order valence-corrected chi connectivity index (χ0v) is 17.0. The highest BCUT2D eigenvalue weighted by Crippen LogP contribution is 2.19. The number of hydrogen-bond donors (Lipinski definition) is 1. The van der Waals surface area contributed by atoms with Crippen LogP contribution in [-0.2, 0) is 4.74 Å². The second-order valence-corrected chi connectivity index (χ2v) is 6.66. The summed E-state index contributed by atoms with van der Waals surface area (Å²) in [4.78, 5) is 24.7. The van der Waals surface area contributed by atoms with Gasteiger partial charge in [0.15, 0.2) is 5.69 Å². The van der Waals surface area contributed by atoms with Crippen LogP contribution in [-0.4, -0.2) is 43.3 Å². The SMILES string of the molecule is CCOC(=O)c1cnn(-c2cccc(NC(=O)c3cn(-c4ccccc4)nn3)c2)c1C.